The van der Waals surface area contributed by atoms with Gasteiger partial charge >= 0.3 is 8.25 Å². The predicted octanol–water partition coefficient (Wildman–Crippen LogP) is -3.31. The van der Waals surface area contributed by atoms with Crippen molar-refractivity contribution in [2.45, 2.75) is 0 Å². The van der Waals surface area contributed by atoms with Gasteiger partial charge < -0.3 is 32.7 Å². The van der Waals surface area contributed by atoms with Crippen molar-refractivity contribution < 1.29 is 13.8 Å². The smallest absolute Gasteiger partial charge is 0.329 e. The maximum absolute atomic E-state index is 11.4. The van der Waals surface area contributed by atoms with Crippen molar-refractivity contribution >= 4 is 8.25 Å². The quantitative estimate of drug-likeness (QED) is 0.0616. The van der Waals surface area contributed by atoms with Gasteiger partial charge in [0.1, 0.15) is 0 Å². The highest BCUT2D eigenvalue weighted by Gasteiger charge is 1.99. The van der Waals surface area contributed by atoms with Crippen LogP contribution >= 0.6 is 8.25 Å². The third-order valence-electron chi connectivity index (χ3n) is 2.72. The number of hydrogen-bond acceptors (Lipinski definition) is 11. The molecule has 11 nitrogen and oxygen atoms in total. The molecule has 0 aliphatic carbocycles. The van der Waals surface area contributed by atoms with Crippen LogP contribution in [-0.4, -0.2) is 78.5 Å². The zero-order valence-corrected chi connectivity index (χ0v) is 15.4. The van der Waals surface area contributed by atoms with E-state index in [4.69, 9.17) is 20.7 Å². The van der Waals surface area contributed by atoms with Gasteiger partial charge in [-0.2, -0.15) is 11.0 Å². The molecule has 0 radical (unpaired) electrons. The third kappa shape index (κ3) is 19.9. The fourth-order valence-electron chi connectivity index (χ4n) is 1.58. The van der Waals surface area contributed by atoms with Crippen molar-refractivity contribution in [2.24, 2.45) is 11.5 Å². The minimum absolute atomic E-state index is 0.536. The Labute approximate surface area is 145 Å². The third-order valence-corrected chi connectivity index (χ3v) is 3.34. The molecule has 0 aromatic rings. The molecule has 24 heavy (non-hydrogen) atoms. The summed E-state index contributed by atoms with van der Waals surface area (Å²) in [5.41, 5.74) is 15.9. The topological polar surface area (TPSA) is 160 Å². The van der Waals surface area contributed by atoms with Gasteiger partial charge in [0.15, 0.2) is 0 Å². The molecule has 0 saturated carbocycles. The molecule has 0 amide bonds. The molecule has 0 unspecified atom stereocenters. The summed E-state index contributed by atoms with van der Waals surface area (Å²) in [6.45, 7) is 8.78. The molecule has 0 aliphatic heterocycles. The Bertz CT molecular complexity index is 255. The fraction of sp³-hybridized carbons (Fsp3) is 1.00. The lowest BCUT2D eigenvalue weighted by Gasteiger charge is -2.09. The van der Waals surface area contributed by atoms with Crippen molar-refractivity contribution in [2.75, 3.05) is 78.5 Å². The molecule has 12 heteroatoms. The number of hydrogen-bond donors (Lipinski definition) is 8. The van der Waals surface area contributed by atoms with Crippen LogP contribution in [0, 0.1) is 0 Å². The first kappa shape index (κ1) is 23.8. The number of hydroxylamine groups is 2. The van der Waals surface area contributed by atoms with Gasteiger partial charge in [-0.1, -0.05) is 0 Å². The van der Waals surface area contributed by atoms with Gasteiger partial charge in [-0.25, -0.2) is 9.25 Å². The lowest BCUT2D eigenvalue weighted by Crippen LogP contribution is -2.34. The Kier molecular flexibility index (Phi) is 20.7. The van der Waals surface area contributed by atoms with E-state index in [0.29, 0.717) is 39.3 Å². The highest BCUT2D eigenvalue weighted by atomic mass is 31.1. The predicted molar refractivity (Wildman–Crippen MR) is 96.8 cm³/mol. The molecule has 0 aromatic carbocycles. The van der Waals surface area contributed by atoms with E-state index >= 15 is 0 Å². The Balaban J connectivity index is 3.13. The van der Waals surface area contributed by atoms with Crippen LogP contribution < -0.4 is 43.7 Å². The van der Waals surface area contributed by atoms with E-state index in [0.717, 1.165) is 39.3 Å². The molecule has 0 bridgehead atoms. The molecule has 0 aliphatic rings. The first-order chi connectivity index (χ1) is 11.8. The van der Waals surface area contributed by atoms with Crippen LogP contribution in [0.4, 0.5) is 0 Å². The second-order valence-corrected chi connectivity index (χ2v) is 5.73. The molecular weight excluding hydrogens is 335 g/mol. The molecule has 0 heterocycles. The molecular formula is C12H35N8O3P. The summed E-state index contributed by atoms with van der Waals surface area (Å²) in [6, 6.07) is 0. The van der Waals surface area contributed by atoms with E-state index in [9.17, 15) is 4.57 Å². The molecule has 0 atom stereocenters. The first-order valence-electron chi connectivity index (χ1n) is 8.37. The lowest BCUT2D eigenvalue weighted by atomic mass is 10.5. The lowest BCUT2D eigenvalue weighted by molar-refractivity contribution is 0.118. The van der Waals surface area contributed by atoms with Crippen molar-refractivity contribution in [3.63, 3.8) is 0 Å². The molecule has 0 spiro atoms. The molecule has 0 fully saturated rings. The minimum Gasteiger partial charge on any atom is -0.329 e. The van der Waals surface area contributed by atoms with Crippen LogP contribution in [0.2, 0.25) is 0 Å². The Hall–Kier alpha value is -0.170. The summed E-state index contributed by atoms with van der Waals surface area (Å²) < 4.78 is 21.1. The van der Waals surface area contributed by atoms with Crippen molar-refractivity contribution in [1.82, 2.24) is 32.2 Å². The largest absolute Gasteiger partial charge is 0.351 e. The molecule has 0 saturated heterocycles. The van der Waals surface area contributed by atoms with Crippen LogP contribution in [0.25, 0.3) is 0 Å². The maximum atomic E-state index is 11.4. The second-order valence-electron chi connectivity index (χ2n) is 4.82. The molecule has 10 N–H and O–H groups in total. The van der Waals surface area contributed by atoms with Gasteiger partial charge in [-0.15, -0.1) is 0 Å². The van der Waals surface area contributed by atoms with Crippen molar-refractivity contribution in [1.29, 1.82) is 0 Å². The average Bonchev–Trinajstić information content (AvgIpc) is 2.59. The number of nitrogens with two attached hydrogens (primary N) is 2. The van der Waals surface area contributed by atoms with Crippen molar-refractivity contribution in [3.05, 3.63) is 0 Å². The zero-order valence-electron chi connectivity index (χ0n) is 14.4. The SMILES string of the molecule is NCCNCCNCCNO[PH](=O)ONCCNCCNCCN. The number of rotatable bonds is 20. The summed E-state index contributed by atoms with van der Waals surface area (Å²) in [5.74, 6) is 0. The molecule has 146 valence electrons. The van der Waals surface area contributed by atoms with E-state index < -0.39 is 8.25 Å². The van der Waals surface area contributed by atoms with Gasteiger partial charge in [0.2, 0.25) is 0 Å². The summed E-state index contributed by atoms with van der Waals surface area (Å²) in [7, 11) is -2.58. The molecule has 0 rings (SSSR count). The summed E-state index contributed by atoms with van der Waals surface area (Å²) in [5, 5.41) is 12.7. The van der Waals surface area contributed by atoms with E-state index in [1.54, 1.807) is 0 Å². The maximum Gasteiger partial charge on any atom is 0.351 e. The van der Waals surface area contributed by atoms with E-state index in [1.807, 2.05) is 0 Å². The van der Waals surface area contributed by atoms with Gasteiger partial charge in [0.25, 0.3) is 0 Å². The standard InChI is InChI=1S/C12H35N8O3P/c13-1-3-15-5-7-17-9-11-19-22-24(21)23-20-12-10-18-8-6-16-4-2-14/h15-20,24H,1-14H2. The average molecular weight is 370 g/mol. The van der Waals surface area contributed by atoms with Gasteiger partial charge in [-0.3, -0.25) is 4.57 Å². The highest BCUT2D eigenvalue weighted by molar-refractivity contribution is 7.33. The Morgan fingerprint density at radius 3 is 1.29 bits per heavy atom. The zero-order chi connectivity index (χ0) is 17.7. The van der Waals surface area contributed by atoms with Crippen LogP contribution in [0.5, 0.6) is 0 Å². The van der Waals surface area contributed by atoms with Gasteiger partial charge in [0, 0.05) is 78.5 Å². The van der Waals surface area contributed by atoms with Crippen LogP contribution in [0.3, 0.4) is 0 Å². The van der Waals surface area contributed by atoms with Gasteiger partial charge in [-0.05, 0) is 0 Å². The molecule has 0 aromatic heterocycles. The summed E-state index contributed by atoms with van der Waals surface area (Å²) in [4.78, 5) is 0. The minimum atomic E-state index is -2.58. The van der Waals surface area contributed by atoms with Crippen LogP contribution in [0.15, 0.2) is 0 Å². The monoisotopic (exact) mass is 370 g/mol. The Morgan fingerprint density at radius 2 is 0.917 bits per heavy atom. The van der Waals surface area contributed by atoms with Crippen LogP contribution in [0.1, 0.15) is 0 Å². The highest BCUT2D eigenvalue weighted by Crippen LogP contribution is 2.18. The van der Waals surface area contributed by atoms with E-state index in [2.05, 4.69) is 32.2 Å². The van der Waals surface area contributed by atoms with Gasteiger partial charge in [0.05, 0.1) is 0 Å². The second kappa shape index (κ2) is 20.9. The van der Waals surface area contributed by atoms with Crippen molar-refractivity contribution in [3.8, 4) is 0 Å². The first-order valence-corrected chi connectivity index (χ1v) is 9.60. The van der Waals surface area contributed by atoms with E-state index in [1.165, 1.54) is 0 Å². The van der Waals surface area contributed by atoms with E-state index in [-0.39, 0.29) is 0 Å². The normalized spacial score (nSPS) is 11.5. The fourth-order valence-corrected chi connectivity index (χ4v) is 2.06. The van der Waals surface area contributed by atoms with Crippen LogP contribution in [-0.2, 0) is 13.8 Å². The number of nitrogens with one attached hydrogen (secondary N) is 6. The Morgan fingerprint density at radius 1 is 0.583 bits per heavy atom. The summed E-state index contributed by atoms with van der Waals surface area (Å²) >= 11 is 0. The summed E-state index contributed by atoms with van der Waals surface area (Å²) in [6.07, 6.45) is 0.